The number of nitrogens with zero attached hydrogens (tertiary/aromatic N) is 4. The molecule has 24 heavy (non-hydrogen) atoms. The van der Waals surface area contributed by atoms with Crippen LogP contribution in [-0.2, 0) is 0 Å². The van der Waals surface area contributed by atoms with Gasteiger partial charge in [0.15, 0.2) is 5.96 Å². The van der Waals surface area contributed by atoms with Crippen LogP contribution in [0.25, 0.3) is 0 Å². The number of rotatable bonds is 7. The molecule has 0 aliphatic carbocycles. The number of hydrogen-bond acceptors (Lipinski definition) is 3. The lowest BCUT2D eigenvalue weighted by Gasteiger charge is -2.34. The van der Waals surface area contributed by atoms with Crippen LogP contribution in [-0.4, -0.2) is 86.6 Å². The summed E-state index contributed by atoms with van der Waals surface area (Å²) in [5, 5.41) is 3.60. The molecule has 5 heteroatoms. The van der Waals surface area contributed by atoms with Gasteiger partial charge in [0.25, 0.3) is 0 Å². The highest BCUT2D eigenvalue weighted by Crippen LogP contribution is 2.28. The fourth-order valence-electron chi connectivity index (χ4n) is 4.31. The van der Waals surface area contributed by atoms with E-state index in [1.165, 1.54) is 58.5 Å². The maximum absolute atomic E-state index is 4.53. The molecule has 2 fully saturated rings. The predicted octanol–water partition coefficient (Wildman–Crippen LogP) is 1.96. The average Bonchev–Trinajstić information content (AvgIpc) is 3.10. The minimum atomic E-state index is 0.848. The first-order chi connectivity index (χ1) is 11.7. The first-order valence-electron chi connectivity index (χ1n) is 10.1. The zero-order valence-electron chi connectivity index (χ0n) is 16.4. The second-order valence-corrected chi connectivity index (χ2v) is 7.32. The largest absolute Gasteiger partial charge is 0.355 e. The highest BCUT2D eigenvalue weighted by molar-refractivity contribution is 5.80. The van der Waals surface area contributed by atoms with Crippen LogP contribution < -0.4 is 5.32 Å². The number of guanidine groups is 1. The van der Waals surface area contributed by atoms with Crippen molar-refractivity contribution in [3.8, 4) is 0 Å². The number of likely N-dealkylation sites (tertiary alicyclic amines) is 1. The highest BCUT2D eigenvalue weighted by atomic mass is 15.3. The summed E-state index contributed by atoms with van der Waals surface area (Å²) in [6.07, 6.45) is 3.95. The molecule has 2 aliphatic heterocycles. The van der Waals surface area contributed by atoms with E-state index in [2.05, 4.69) is 45.8 Å². The second-order valence-electron chi connectivity index (χ2n) is 7.32. The SMILES string of the molecule is CCC(CC)C1CCN(C(=NC)NCCN2CCN(CC)CC2)C1. The van der Waals surface area contributed by atoms with Crippen LogP contribution in [0.2, 0.25) is 0 Å². The Morgan fingerprint density at radius 2 is 1.71 bits per heavy atom. The molecule has 2 rings (SSSR count). The zero-order valence-corrected chi connectivity index (χ0v) is 16.4. The van der Waals surface area contributed by atoms with Crippen molar-refractivity contribution >= 4 is 5.96 Å². The van der Waals surface area contributed by atoms with E-state index in [0.717, 1.165) is 37.4 Å². The van der Waals surface area contributed by atoms with Crippen molar-refractivity contribution in [1.82, 2.24) is 20.0 Å². The van der Waals surface area contributed by atoms with Crippen LogP contribution in [0.1, 0.15) is 40.0 Å². The quantitative estimate of drug-likeness (QED) is 0.569. The van der Waals surface area contributed by atoms with Gasteiger partial charge < -0.3 is 15.1 Å². The van der Waals surface area contributed by atoms with Crippen LogP contribution in [0, 0.1) is 11.8 Å². The molecule has 0 aromatic rings. The van der Waals surface area contributed by atoms with Gasteiger partial charge in [-0.1, -0.05) is 33.6 Å². The topological polar surface area (TPSA) is 34.1 Å². The zero-order chi connectivity index (χ0) is 17.4. The maximum atomic E-state index is 4.53. The lowest BCUT2D eigenvalue weighted by molar-refractivity contribution is 0.139. The molecule has 1 N–H and O–H groups in total. The summed E-state index contributed by atoms with van der Waals surface area (Å²) in [6.45, 7) is 17.4. The molecule has 0 aromatic carbocycles. The second kappa shape index (κ2) is 10.2. The number of hydrogen-bond donors (Lipinski definition) is 1. The minimum Gasteiger partial charge on any atom is -0.355 e. The third kappa shape index (κ3) is 5.35. The van der Waals surface area contributed by atoms with Gasteiger partial charge in [0.05, 0.1) is 0 Å². The summed E-state index contributed by atoms with van der Waals surface area (Å²) >= 11 is 0. The summed E-state index contributed by atoms with van der Waals surface area (Å²) in [7, 11) is 1.92. The maximum Gasteiger partial charge on any atom is 0.193 e. The van der Waals surface area contributed by atoms with Crippen LogP contribution in [0.15, 0.2) is 4.99 Å². The summed E-state index contributed by atoms with van der Waals surface area (Å²) in [5.41, 5.74) is 0. The van der Waals surface area contributed by atoms with E-state index in [1.54, 1.807) is 0 Å². The van der Waals surface area contributed by atoms with Crippen molar-refractivity contribution in [3.05, 3.63) is 0 Å². The van der Waals surface area contributed by atoms with Gasteiger partial charge in [-0.05, 0) is 24.8 Å². The Kier molecular flexibility index (Phi) is 8.33. The van der Waals surface area contributed by atoms with Crippen molar-refractivity contribution in [1.29, 1.82) is 0 Å². The van der Waals surface area contributed by atoms with Gasteiger partial charge in [-0.2, -0.15) is 0 Å². The van der Waals surface area contributed by atoms with E-state index < -0.39 is 0 Å². The Balaban J connectivity index is 1.70. The molecule has 1 atom stereocenters. The Labute approximate surface area is 149 Å². The Hall–Kier alpha value is -0.810. The third-order valence-electron chi connectivity index (χ3n) is 6.07. The van der Waals surface area contributed by atoms with Crippen molar-refractivity contribution in [2.45, 2.75) is 40.0 Å². The predicted molar refractivity (Wildman–Crippen MR) is 104 cm³/mol. The lowest BCUT2D eigenvalue weighted by Crippen LogP contribution is -2.49. The smallest absolute Gasteiger partial charge is 0.193 e. The molecular formula is C19H39N5. The molecule has 0 amide bonds. The molecule has 2 aliphatic rings. The third-order valence-corrected chi connectivity index (χ3v) is 6.07. The number of likely N-dealkylation sites (N-methyl/N-ethyl adjacent to an activating group) is 1. The van der Waals surface area contributed by atoms with Gasteiger partial charge in [0.2, 0.25) is 0 Å². The van der Waals surface area contributed by atoms with E-state index >= 15 is 0 Å². The summed E-state index contributed by atoms with van der Waals surface area (Å²) in [5.74, 6) is 2.83. The molecule has 0 spiro atoms. The van der Waals surface area contributed by atoms with E-state index in [1.807, 2.05) is 7.05 Å². The van der Waals surface area contributed by atoms with Crippen molar-refractivity contribution < 1.29 is 0 Å². The Bertz CT molecular complexity index is 372. The number of piperazine rings is 1. The molecular weight excluding hydrogens is 298 g/mol. The summed E-state index contributed by atoms with van der Waals surface area (Å²) < 4.78 is 0. The molecule has 5 nitrogen and oxygen atoms in total. The van der Waals surface area contributed by atoms with E-state index in [-0.39, 0.29) is 0 Å². The van der Waals surface area contributed by atoms with Crippen LogP contribution in [0.3, 0.4) is 0 Å². The monoisotopic (exact) mass is 337 g/mol. The fourth-order valence-corrected chi connectivity index (χ4v) is 4.31. The van der Waals surface area contributed by atoms with Gasteiger partial charge >= 0.3 is 0 Å². The molecule has 0 radical (unpaired) electrons. The van der Waals surface area contributed by atoms with E-state index in [9.17, 15) is 0 Å². The summed E-state index contributed by atoms with van der Waals surface area (Å²) in [6, 6.07) is 0. The molecule has 0 saturated carbocycles. The first-order valence-corrected chi connectivity index (χ1v) is 10.1. The lowest BCUT2D eigenvalue weighted by atomic mass is 9.87. The molecule has 0 aromatic heterocycles. The molecule has 0 bridgehead atoms. The molecule has 2 saturated heterocycles. The Morgan fingerprint density at radius 1 is 1.04 bits per heavy atom. The van der Waals surface area contributed by atoms with Crippen molar-refractivity contribution in [2.24, 2.45) is 16.8 Å². The molecule has 1 unspecified atom stereocenters. The van der Waals surface area contributed by atoms with Crippen LogP contribution in [0.5, 0.6) is 0 Å². The number of aliphatic imine (C=N–C) groups is 1. The van der Waals surface area contributed by atoms with Gasteiger partial charge in [-0.25, -0.2) is 0 Å². The summed E-state index contributed by atoms with van der Waals surface area (Å²) in [4.78, 5) is 12.1. The van der Waals surface area contributed by atoms with Crippen molar-refractivity contribution in [3.63, 3.8) is 0 Å². The fraction of sp³-hybridized carbons (Fsp3) is 0.947. The first kappa shape index (κ1) is 19.5. The average molecular weight is 338 g/mol. The van der Waals surface area contributed by atoms with Gasteiger partial charge in [0, 0.05) is 59.4 Å². The van der Waals surface area contributed by atoms with Crippen LogP contribution >= 0.6 is 0 Å². The van der Waals surface area contributed by atoms with Gasteiger partial charge in [0.1, 0.15) is 0 Å². The van der Waals surface area contributed by atoms with Crippen LogP contribution in [0.4, 0.5) is 0 Å². The minimum absolute atomic E-state index is 0.848. The normalized spacial score (nSPS) is 24.1. The highest BCUT2D eigenvalue weighted by Gasteiger charge is 2.29. The molecule has 140 valence electrons. The molecule has 2 heterocycles. The van der Waals surface area contributed by atoms with Crippen molar-refractivity contribution in [2.75, 3.05) is 66.0 Å². The van der Waals surface area contributed by atoms with Gasteiger partial charge in [-0.15, -0.1) is 0 Å². The Morgan fingerprint density at radius 3 is 2.29 bits per heavy atom. The standard InChI is InChI=1S/C19H39N5/c1-5-17(6-2)18-8-10-24(16-18)19(20-4)21-9-11-23-14-12-22(7-3)13-15-23/h17-18H,5-16H2,1-4H3,(H,20,21). The van der Waals surface area contributed by atoms with E-state index in [4.69, 9.17) is 0 Å². The van der Waals surface area contributed by atoms with Gasteiger partial charge in [-0.3, -0.25) is 9.89 Å². The van der Waals surface area contributed by atoms with E-state index in [0.29, 0.717) is 0 Å². The number of nitrogens with one attached hydrogen (secondary N) is 1.